The minimum absolute atomic E-state index is 0.143. The predicted octanol–water partition coefficient (Wildman–Crippen LogP) is 2.76. The standard InChI is InChI=1S/C18H20O2Se/c1-2-17(19)16(13-21-15-11-7-4-8-12-15)18(20)14-9-5-3-6-10-14/h3-12,16,18,20H,2,13H2,1H3/t16-,18-/m0/s1. The van der Waals surface area contributed by atoms with Crippen LogP contribution >= 0.6 is 0 Å². The first-order chi connectivity index (χ1) is 10.2. The molecule has 0 aromatic heterocycles. The molecule has 0 aliphatic rings. The molecule has 0 bridgehead atoms. The van der Waals surface area contributed by atoms with Gasteiger partial charge in [0.25, 0.3) is 0 Å². The van der Waals surface area contributed by atoms with E-state index < -0.39 is 6.10 Å². The van der Waals surface area contributed by atoms with Crippen molar-refractivity contribution < 1.29 is 9.90 Å². The summed E-state index contributed by atoms with van der Waals surface area (Å²) in [7, 11) is 0. The van der Waals surface area contributed by atoms with Gasteiger partial charge in [-0.05, 0) is 0 Å². The third kappa shape index (κ3) is 4.53. The molecule has 2 aromatic rings. The molecular formula is C18H20O2Se. The van der Waals surface area contributed by atoms with Crippen LogP contribution in [0.2, 0.25) is 5.32 Å². The SMILES string of the molecule is CCC(=O)[C@H](C[Se]c1ccccc1)[C@@H](O)c1ccccc1. The van der Waals surface area contributed by atoms with Gasteiger partial charge < -0.3 is 0 Å². The molecule has 0 spiro atoms. The molecule has 0 radical (unpaired) electrons. The third-order valence-electron chi connectivity index (χ3n) is 3.46. The molecule has 0 fully saturated rings. The third-order valence-corrected chi connectivity index (χ3v) is 5.83. The van der Waals surface area contributed by atoms with E-state index in [1.54, 1.807) is 0 Å². The number of Topliss-reactive ketones (excluding diaryl/α,β-unsaturated/α-hetero) is 1. The first-order valence-electron chi connectivity index (χ1n) is 7.16. The molecule has 2 atom stereocenters. The second-order valence-electron chi connectivity index (χ2n) is 4.91. The normalized spacial score (nSPS) is 13.6. The van der Waals surface area contributed by atoms with Gasteiger partial charge >= 0.3 is 132 Å². The molecule has 0 amide bonds. The van der Waals surface area contributed by atoms with Crippen LogP contribution in [0.3, 0.4) is 0 Å². The molecule has 21 heavy (non-hydrogen) atoms. The molecule has 110 valence electrons. The van der Waals surface area contributed by atoms with Crippen LogP contribution in [0, 0.1) is 5.92 Å². The maximum atomic E-state index is 12.2. The molecular weight excluding hydrogens is 327 g/mol. The van der Waals surface area contributed by atoms with Gasteiger partial charge in [-0.3, -0.25) is 0 Å². The van der Waals surface area contributed by atoms with E-state index in [1.165, 1.54) is 4.46 Å². The van der Waals surface area contributed by atoms with Crippen molar-refractivity contribution >= 4 is 25.2 Å². The van der Waals surface area contributed by atoms with Crippen molar-refractivity contribution in [3.63, 3.8) is 0 Å². The van der Waals surface area contributed by atoms with Crippen molar-refractivity contribution in [3.05, 3.63) is 66.2 Å². The van der Waals surface area contributed by atoms with Crippen LogP contribution in [-0.2, 0) is 4.79 Å². The number of ketones is 1. The Hall–Kier alpha value is -1.41. The van der Waals surface area contributed by atoms with Crippen molar-refractivity contribution in [2.75, 3.05) is 0 Å². The summed E-state index contributed by atoms with van der Waals surface area (Å²) in [5.41, 5.74) is 0.827. The van der Waals surface area contributed by atoms with E-state index in [2.05, 4.69) is 12.1 Å². The van der Waals surface area contributed by atoms with Crippen LogP contribution in [0.25, 0.3) is 0 Å². The van der Waals surface area contributed by atoms with E-state index in [1.807, 2.05) is 55.5 Å². The molecule has 3 heteroatoms. The summed E-state index contributed by atoms with van der Waals surface area (Å²) >= 11 is 0.201. The van der Waals surface area contributed by atoms with Gasteiger partial charge in [0, 0.05) is 0 Å². The van der Waals surface area contributed by atoms with E-state index in [0.29, 0.717) is 6.42 Å². The van der Waals surface area contributed by atoms with Gasteiger partial charge in [-0.15, -0.1) is 0 Å². The van der Waals surface area contributed by atoms with E-state index >= 15 is 0 Å². The van der Waals surface area contributed by atoms with Gasteiger partial charge in [-0.2, -0.15) is 0 Å². The fourth-order valence-electron chi connectivity index (χ4n) is 2.21. The second-order valence-corrected chi connectivity index (χ2v) is 7.20. The van der Waals surface area contributed by atoms with Crippen LogP contribution < -0.4 is 4.46 Å². The summed E-state index contributed by atoms with van der Waals surface area (Å²) < 4.78 is 1.26. The van der Waals surface area contributed by atoms with Crippen molar-refractivity contribution in [1.29, 1.82) is 0 Å². The number of aliphatic hydroxyl groups is 1. The number of aliphatic hydroxyl groups excluding tert-OH is 1. The van der Waals surface area contributed by atoms with E-state index in [-0.39, 0.29) is 26.7 Å². The zero-order chi connectivity index (χ0) is 15.1. The first kappa shape index (κ1) is 16.0. The minimum atomic E-state index is -0.704. The molecule has 0 aliphatic carbocycles. The Morgan fingerprint density at radius 3 is 2.19 bits per heavy atom. The van der Waals surface area contributed by atoms with Crippen molar-refractivity contribution in [2.45, 2.75) is 24.8 Å². The average molecular weight is 347 g/mol. The fraction of sp³-hybridized carbons (Fsp3) is 0.278. The van der Waals surface area contributed by atoms with Gasteiger partial charge in [-0.1, -0.05) is 0 Å². The zero-order valence-corrected chi connectivity index (χ0v) is 13.8. The quantitative estimate of drug-likeness (QED) is 0.782. The van der Waals surface area contributed by atoms with Crippen molar-refractivity contribution in [1.82, 2.24) is 0 Å². The monoisotopic (exact) mass is 348 g/mol. The van der Waals surface area contributed by atoms with Gasteiger partial charge in [-0.25, -0.2) is 0 Å². The number of hydrogen-bond acceptors (Lipinski definition) is 2. The number of carbonyl (C=O) groups is 1. The molecule has 1 N–H and O–H groups in total. The van der Waals surface area contributed by atoms with Gasteiger partial charge in [0.05, 0.1) is 0 Å². The Labute approximate surface area is 132 Å². The summed E-state index contributed by atoms with van der Waals surface area (Å²) in [6.07, 6.45) is -0.233. The molecule has 0 aliphatic heterocycles. The van der Waals surface area contributed by atoms with E-state index in [4.69, 9.17) is 0 Å². The molecule has 0 heterocycles. The fourth-order valence-corrected chi connectivity index (χ4v) is 4.49. The zero-order valence-electron chi connectivity index (χ0n) is 12.1. The summed E-state index contributed by atoms with van der Waals surface area (Å²) in [4.78, 5) is 12.2. The molecule has 0 saturated heterocycles. The Kier molecular flexibility index (Phi) is 6.19. The Balaban J connectivity index is 2.09. The Bertz CT molecular complexity index is 554. The number of hydrogen-bond donors (Lipinski definition) is 1. The number of carbonyl (C=O) groups excluding carboxylic acids is 1. The van der Waals surface area contributed by atoms with Crippen LogP contribution in [0.1, 0.15) is 25.0 Å². The first-order valence-corrected chi connectivity index (χ1v) is 9.22. The van der Waals surface area contributed by atoms with E-state index in [9.17, 15) is 9.90 Å². The maximum absolute atomic E-state index is 12.2. The number of rotatable bonds is 7. The van der Waals surface area contributed by atoms with Crippen LogP contribution in [-0.4, -0.2) is 25.8 Å². The molecule has 0 saturated carbocycles. The molecule has 2 aromatic carbocycles. The van der Waals surface area contributed by atoms with Crippen molar-refractivity contribution in [2.24, 2.45) is 5.92 Å². The second kappa shape index (κ2) is 8.13. The van der Waals surface area contributed by atoms with E-state index in [0.717, 1.165) is 10.9 Å². The summed E-state index contributed by atoms with van der Waals surface area (Å²) in [6.45, 7) is 1.86. The van der Waals surface area contributed by atoms with Crippen LogP contribution in [0.15, 0.2) is 60.7 Å². The summed E-state index contributed by atoms with van der Waals surface area (Å²) in [5, 5.41) is 11.3. The predicted molar refractivity (Wildman–Crippen MR) is 86.8 cm³/mol. The molecule has 0 unspecified atom stereocenters. The van der Waals surface area contributed by atoms with Crippen molar-refractivity contribution in [3.8, 4) is 0 Å². The Morgan fingerprint density at radius 2 is 1.62 bits per heavy atom. The summed E-state index contributed by atoms with van der Waals surface area (Å²) in [6, 6.07) is 19.7. The molecule has 2 nitrogen and oxygen atoms in total. The Morgan fingerprint density at radius 1 is 1.05 bits per heavy atom. The van der Waals surface area contributed by atoms with Gasteiger partial charge in [0.1, 0.15) is 0 Å². The van der Waals surface area contributed by atoms with Crippen LogP contribution in [0.4, 0.5) is 0 Å². The van der Waals surface area contributed by atoms with Crippen LogP contribution in [0.5, 0.6) is 0 Å². The van der Waals surface area contributed by atoms with Gasteiger partial charge in [0.15, 0.2) is 0 Å². The van der Waals surface area contributed by atoms with Gasteiger partial charge in [0.2, 0.25) is 0 Å². The topological polar surface area (TPSA) is 37.3 Å². The molecule has 2 rings (SSSR count). The average Bonchev–Trinajstić information content (AvgIpc) is 2.56. The number of benzene rings is 2. The summed E-state index contributed by atoms with van der Waals surface area (Å²) in [5.74, 6) is -0.165.